The van der Waals surface area contributed by atoms with E-state index in [0.29, 0.717) is 11.4 Å². The van der Waals surface area contributed by atoms with Crippen molar-refractivity contribution >= 4 is 10.0 Å². The van der Waals surface area contributed by atoms with Gasteiger partial charge in [0.1, 0.15) is 0 Å². The molecule has 0 aliphatic heterocycles. The minimum Gasteiger partial charge on any atom is -0.313 e. The van der Waals surface area contributed by atoms with Crippen molar-refractivity contribution in [3.8, 4) is 0 Å². The van der Waals surface area contributed by atoms with Crippen molar-refractivity contribution in [1.29, 1.82) is 0 Å². The molecule has 21 heavy (non-hydrogen) atoms. The lowest BCUT2D eigenvalue weighted by Gasteiger charge is -2.23. The number of sulfonamides is 1. The first-order valence-corrected chi connectivity index (χ1v) is 9.34. The minimum atomic E-state index is -3.42. The van der Waals surface area contributed by atoms with Crippen LogP contribution in [-0.4, -0.2) is 21.0 Å². The van der Waals surface area contributed by atoms with Crippen LogP contribution < -0.4 is 10.0 Å². The molecule has 2 N–H and O–H groups in total. The summed E-state index contributed by atoms with van der Waals surface area (Å²) in [6.07, 6.45) is 5.36. The molecule has 1 aromatic rings. The predicted octanol–water partition coefficient (Wildman–Crippen LogP) is 2.72. The van der Waals surface area contributed by atoms with Crippen molar-refractivity contribution in [2.24, 2.45) is 0 Å². The predicted molar refractivity (Wildman–Crippen MR) is 85.8 cm³/mol. The van der Waals surface area contributed by atoms with Crippen molar-refractivity contribution in [2.75, 3.05) is 6.54 Å². The second-order valence-electron chi connectivity index (χ2n) is 5.78. The van der Waals surface area contributed by atoms with E-state index >= 15 is 0 Å². The van der Waals surface area contributed by atoms with Crippen LogP contribution in [0.15, 0.2) is 23.1 Å². The summed E-state index contributed by atoms with van der Waals surface area (Å²) in [5.74, 6) is 0. The van der Waals surface area contributed by atoms with E-state index in [-0.39, 0.29) is 6.04 Å². The van der Waals surface area contributed by atoms with Crippen LogP contribution in [0.1, 0.15) is 50.2 Å². The van der Waals surface area contributed by atoms with Crippen LogP contribution in [-0.2, 0) is 16.6 Å². The van der Waals surface area contributed by atoms with Crippen LogP contribution in [0.25, 0.3) is 0 Å². The van der Waals surface area contributed by atoms with Gasteiger partial charge in [-0.05, 0) is 43.5 Å². The van der Waals surface area contributed by atoms with Crippen LogP contribution in [0.3, 0.4) is 0 Å². The first-order valence-electron chi connectivity index (χ1n) is 7.86. The number of hydrogen-bond acceptors (Lipinski definition) is 3. The van der Waals surface area contributed by atoms with Crippen LogP contribution in [0.2, 0.25) is 0 Å². The maximum absolute atomic E-state index is 12.6. The quantitative estimate of drug-likeness (QED) is 0.849. The Morgan fingerprint density at radius 2 is 1.90 bits per heavy atom. The Balaban J connectivity index is 2.18. The van der Waals surface area contributed by atoms with Crippen molar-refractivity contribution < 1.29 is 8.42 Å². The monoisotopic (exact) mass is 310 g/mol. The maximum Gasteiger partial charge on any atom is 0.241 e. The van der Waals surface area contributed by atoms with Gasteiger partial charge in [0.05, 0.1) is 4.90 Å². The lowest BCUT2D eigenvalue weighted by molar-refractivity contribution is 0.412. The van der Waals surface area contributed by atoms with Crippen molar-refractivity contribution in [2.45, 2.75) is 63.4 Å². The Morgan fingerprint density at radius 3 is 2.57 bits per heavy atom. The molecule has 0 aromatic heterocycles. The zero-order chi connectivity index (χ0) is 15.3. The number of hydrogen-bond donors (Lipinski definition) is 2. The summed E-state index contributed by atoms with van der Waals surface area (Å²) in [4.78, 5) is 0.420. The Morgan fingerprint density at radius 1 is 1.19 bits per heavy atom. The number of rotatable bonds is 6. The SMILES string of the molecule is CCNCc1cccc(S(=O)(=O)NC2CCCCC2)c1C. The van der Waals surface area contributed by atoms with Crippen molar-refractivity contribution in [3.05, 3.63) is 29.3 Å². The largest absolute Gasteiger partial charge is 0.313 e. The topological polar surface area (TPSA) is 58.2 Å². The van der Waals surface area contributed by atoms with Gasteiger partial charge in [0.25, 0.3) is 0 Å². The van der Waals surface area contributed by atoms with E-state index in [1.165, 1.54) is 6.42 Å². The molecular formula is C16H26N2O2S. The molecule has 0 spiro atoms. The van der Waals surface area contributed by atoms with Gasteiger partial charge in [-0.1, -0.05) is 38.3 Å². The van der Waals surface area contributed by atoms with E-state index in [0.717, 1.165) is 43.4 Å². The first-order chi connectivity index (χ1) is 10.0. The third-order valence-electron chi connectivity index (χ3n) is 4.18. The molecule has 0 atom stereocenters. The molecular weight excluding hydrogens is 284 g/mol. The molecule has 0 bridgehead atoms. The highest BCUT2D eigenvalue weighted by atomic mass is 32.2. The second-order valence-corrected chi connectivity index (χ2v) is 7.46. The second kappa shape index (κ2) is 7.38. The molecule has 0 unspecified atom stereocenters. The fourth-order valence-corrected chi connectivity index (χ4v) is 4.50. The fraction of sp³-hybridized carbons (Fsp3) is 0.625. The van der Waals surface area contributed by atoms with Crippen LogP contribution >= 0.6 is 0 Å². The van der Waals surface area contributed by atoms with E-state index in [9.17, 15) is 8.42 Å². The molecule has 1 fully saturated rings. The Bertz CT molecular complexity index is 564. The Labute approximate surface area is 128 Å². The van der Waals surface area contributed by atoms with Crippen LogP contribution in [0.4, 0.5) is 0 Å². The number of benzene rings is 1. The molecule has 4 nitrogen and oxygen atoms in total. The van der Waals surface area contributed by atoms with Gasteiger partial charge in [0.2, 0.25) is 10.0 Å². The fourth-order valence-electron chi connectivity index (χ4n) is 2.91. The average molecular weight is 310 g/mol. The molecule has 2 rings (SSSR count). The molecule has 0 radical (unpaired) electrons. The molecule has 1 aliphatic carbocycles. The van der Waals surface area contributed by atoms with Gasteiger partial charge in [-0.2, -0.15) is 0 Å². The summed E-state index contributed by atoms with van der Waals surface area (Å²) in [6.45, 7) is 5.51. The molecule has 0 saturated heterocycles. The number of nitrogens with one attached hydrogen (secondary N) is 2. The summed E-state index contributed by atoms with van der Waals surface area (Å²) < 4.78 is 28.1. The average Bonchev–Trinajstić information content (AvgIpc) is 2.46. The third-order valence-corrected chi connectivity index (χ3v) is 5.84. The molecule has 0 heterocycles. The highest BCUT2D eigenvalue weighted by molar-refractivity contribution is 7.89. The molecule has 5 heteroatoms. The molecule has 118 valence electrons. The lowest BCUT2D eigenvalue weighted by Crippen LogP contribution is -2.36. The van der Waals surface area contributed by atoms with Gasteiger partial charge < -0.3 is 5.32 Å². The normalized spacial score (nSPS) is 17.0. The van der Waals surface area contributed by atoms with Gasteiger partial charge in [0.15, 0.2) is 0 Å². The highest BCUT2D eigenvalue weighted by Gasteiger charge is 2.23. The minimum absolute atomic E-state index is 0.0978. The smallest absolute Gasteiger partial charge is 0.241 e. The zero-order valence-corrected chi connectivity index (χ0v) is 13.8. The van der Waals surface area contributed by atoms with Crippen LogP contribution in [0.5, 0.6) is 0 Å². The lowest BCUT2D eigenvalue weighted by atomic mass is 9.96. The summed E-state index contributed by atoms with van der Waals surface area (Å²) in [5.41, 5.74) is 1.89. The molecule has 1 aliphatic rings. The maximum atomic E-state index is 12.6. The summed E-state index contributed by atoms with van der Waals surface area (Å²) >= 11 is 0. The van der Waals surface area contributed by atoms with Crippen molar-refractivity contribution in [3.63, 3.8) is 0 Å². The van der Waals surface area contributed by atoms with E-state index in [4.69, 9.17) is 0 Å². The summed E-state index contributed by atoms with van der Waals surface area (Å²) in [5, 5.41) is 3.25. The van der Waals surface area contributed by atoms with Gasteiger partial charge in [-0.3, -0.25) is 0 Å². The summed E-state index contributed by atoms with van der Waals surface area (Å²) in [6, 6.07) is 5.61. The van der Waals surface area contributed by atoms with Gasteiger partial charge in [-0.25, -0.2) is 13.1 Å². The van der Waals surface area contributed by atoms with Gasteiger partial charge >= 0.3 is 0 Å². The Kier molecular flexibility index (Phi) is 5.79. The summed E-state index contributed by atoms with van der Waals surface area (Å²) in [7, 11) is -3.42. The molecule has 1 saturated carbocycles. The highest BCUT2D eigenvalue weighted by Crippen LogP contribution is 2.23. The van der Waals surface area contributed by atoms with Crippen molar-refractivity contribution in [1.82, 2.24) is 10.0 Å². The standard InChI is InChI=1S/C16H26N2O2S/c1-3-17-12-14-8-7-11-16(13(14)2)21(19,20)18-15-9-5-4-6-10-15/h7-8,11,15,17-18H,3-6,9-10,12H2,1-2H3. The molecule has 1 aromatic carbocycles. The Hall–Kier alpha value is -0.910. The van der Waals surface area contributed by atoms with Gasteiger partial charge in [-0.15, -0.1) is 0 Å². The van der Waals surface area contributed by atoms with Gasteiger partial charge in [0, 0.05) is 12.6 Å². The van der Waals surface area contributed by atoms with Crippen LogP contribution in [0, 0.1) is 6.92 Å². The van der Waals surface area contributed by atoms with E-state index in [1.54, 1.807) is 6.07 Å². The van der Waals surface area contributed by atoms with E-state index < -0.39 is 10.0 Å². The zero-order valence-electron chi connectivity index (χ0n) is 13.0. The molecule has 0 amide bonds. The van der Waals surface area contributed by atoms with E-state index in [1.807, 2.05) is 26.0 Å². The first kappa shape index (κ1) is 16.5. The van der Waals surface area contributed by atoms with E-state index in [2.05, 4.69) is 10.0 Å². The third kappa shape index (κ3) is 4.28.